The fraction of sp³-hybridized carbons (Fsp3) is 0.681. The fourth-order valence-electron chi connectivity index (χ4n) is 0. The van der Waals surface area contributed by atoms with E-state index in [4.69, 9.17) is 123 Å². The van der Waals surface area contributed by atoms with E-state index in [0.717, 1.165) is 14.2 Å². The maximum atomic E-state index is 9.85. The zero-order valence-electron chi connectivity index (χ0n) is 43.5. The topological polar surface area (TPSA) is 627 Å². The number of aliphatic hydroxyl groups is 8. The summed E-state index contributed by atoms with van der Waals surface area (Å²) < 4.78 is 19.7. The van der Waals surface area contributed by atoms with Crippen LogP contribution in [0.2, 0.25) is 0 Å². The summed E-state index contributed by atoms with van der Waals surface area (Å²) in [7, 11) is 4.36. The van der Waals surface area contributed by atoms with Crippen molar-refractivity contribution in [2.24, 2.45) is 0 Å². The molecular formula is C69H248F2O31U8. The van der Waals surface area contributed by atoms with Gasteiger partial charge in [0.15, 0.2) is 13.7 Å². The van der Waals surface area contributed by atoms with Gasteiger partial charge in [-0.2, -0.15) is 0 Å². The van der Waals surface area contributed by atoms with Crippen molar-refractivity contribution in [3.63, 3.8) is 0 Å². The summed E-state index contributed by atoms with van der Waals surface area (Å²) in [6, 6.07) is 0. The molecule has 756 valence electrons. The SMILES string of the molecule is C.C.C.C.C.C.C.C.C.C.C.C.C.C.C.C.C.C.C.C.C.C.C.C.C.C.C.C.C.C.C.C.C.C.C.C.C.C=C.C=C.C=C.C=C.C=C.C=C.C=C.C=O.C=O.C=O.C=O.CO.CO.COO.COO.O.O.O.O.OCCO.OCCO.OCF.OCF.OO.OO.OO.OO.OOO.[CH3-].[CH3-].[CH3-].[CH3-].[U+2].[U+2].[U].[U].[U].[U].[U].[U]. The van der Waals surface area contributed by atoms with Gasteiger partial charge in [-0.3, -0.25) is 52.6 Å². The van der Waals surface area contributed by atoms with Gasteiger partial charge in [-0.05, 0) is 0 Å². The van der Waals surface area contributed by atoms with Crippen LogP contribution in [-0.4, -0.2) is 222 Å². The Hall–Kier alpha value is 4.06. The summed E-state index contributed by atoms with van der Waals surface area (Å²) in [6.45, 7) is 47.0. The predicted molar refractivity (Wildman–Crippen MR) is 504 cm³/mol. The summed E-state index contributed by atoms with van der Waals surface area (Å²) in [6.07, 6.45) is 0. The van der Waals surface area contributed by atoms with E-state index >= 15 is 0 Å². The minimum absolute atomic E-state index is 0. The van der Waals surface area contributed by atoms with E-state index in [1.165, 1.54) is 14.2 Å². The molecule has 0 rings (SSSR count). The van der Waals surface area contributed by atoms with Crippen LogP contribution in [0.25, 0.3) is 0 Å². The normalized spacial score (nSPS) is 2.09. The maximum absolute atomic E-state index is 9.85. The number of carbonyl (C=O) groups is 4. The molecule has 0 heterocycles. The maximum Gasteiger partial charge on any atom is 2.00 e. The molecule has 0 amide bonds. The van der Waals surface area contributed by atoms with E-state index in [1.807, 2.05) is 27.2 Å². The number of alkyl halides is 2. The van der Waals surface area contributed by atoms with Crippen LogP contribution in [0.1, 0.15) is 275 Å². The molecule has 0 aliphatic carbocycles. The van der Waals surface area contributed by atoms with Crippen LogP contribution in [0.15, 0.2) is 92.1 Å². The van der Waals surface area contributed by atoms with E-state index in [9.17, 15) is 8.78 Å². The van der Waals surface area contributed by atoms with Gasteiger partial charge in [0.25, 0.3) is 0 Å². The van der Waals surface area contributed by atoms with Crippen molar-refractivity contribution >= 4 is 27.2 Å². The van der Waals surface area contributed by atoms with Gasteiger partial charge in [-0.15, -0.1) is 92.1 Å². The van der Waals surface area contributed by atoms with E-state index in [0.29, 0.717) is 0 Å². The number of rotatable bonds is 2. The third-order valence-corrected chi connectivity index (χ3v) is 0.200. The second kappa shape index (κ2) is 8330. The first-order valence-electron chi connectivity index (χ1n) is 11.3. The first-order valence-corrected chi connectivity index (χ1v) is 11.3. The molecule has 0 spiro atoms. The minimum atomic E-state index is -1.25. The molecule has 0 aliphatic heterocycles. The predicted octanol–water partition coefficient (Wildman–Crippen LogP) is 24.1. The Labute approximate surface area is 898 Å². The van der Waals surface area contributed by atoms with Crippen LogP contribution in [-0.2, 0) is 34.0 Å². The minimum Gasteiger partial charge on any atom is -0.412 e. The molecule has 31 nitrogen and oxygen atoms in total. The molecule has 0 aliphatic rings. The molecule has 41 heteroatoms. The third-order valence-electron chi connectivity index (χ3n) is 0.200. The van der Waals surface area contributed by atoms with E-state index < -0.39 is 13.7 Å². The second-order valence-electron chi connectivity index (χ2n) is 1.58. The van der Waals surface area contributed by atoms with Gasteiger partial charge in [0.1, 0.15) is 27.2 Å². The molecule has 0 aromatic heterocycles. The standard InChI is InChI=1S/2C2H6O2.7C2H4.2CH3FO.2CH4O2.2CH4O.4CH2O.37CH4.4CH3.H2O3.4H2O2.4H2O.8U/c2*3-1-2-4;7*1-2;2*2-1-3;2*1-3-2;6*1-2;;;;;;;;;;;;;;;;;;;;;;;;;;;;;;;;;;;;;;;;;;1-3-2;4*1-2;;;;;;;;;;;;/h2*3-4H,1-2H2;7*1-2H2;2*3H,1H2;2*2H,1H3;2*2H,1H3;4*1H2;37*1H4;4*1H3;1-2H;4*1-2H;4*1H2;;;;;;;;/q;;;;;;;;;;;;;;;;;;;;;;;;;;;;;;;;;;;;;;;;;;;;;;;;;;;;;;;;4*-1;;;;;;;;;;;;;;;;2*+2. The quantitative estimate of drug-likeness (QED) is 0.0528. The first kappa shape index (κ1) is 1060. The monoisotopic (exact) mass is 3520 g/mol. The molecule has 0 atom stereocenters. The van der Waals surface area contributed by atoms with Crippen LogP contribution in [0.3, 0.4) is 0 Å². The molecule has 0 aromatic carbocycles. The Balaban J connectivity index is -0.00000000135. The number of aliphatic hydroxyl groups excluding tert-OH is 8. The van der Waals surface area contributed by atoms with Crippen molar-refractivity contribution < 1.29 is 418 Å². The summed E-state index contributed by atoms with van der Waals surface area (Å²) in [5, 5.41) is 136. The Morgan fingerprint density at radius 2 is 0.227 bits per heavy atom. The van der Waals surface area contributed by atoms with Crippen molar-refractivity contribution in [2.75, 3.05) is 68.6 Å². The molecule has 0 bridgehead atoms. The van der Waals surface area contributed by atoms with Gasteiger partial charge in [0.05, 0.1) is 40.6 Å². The summed E-state index contributed by atoms with van der Waals surface area (Å²) in [5.41, 5.74) is 0. The Kier molecular flexibility index (Phi) is 80400. The van der Waals surface area contributed by atoms with Crippen molar-refractivity contribution in [1.29, 1.82) is 0 Å². The van der Waals surface area contributed by atoms with E-state index in [2.05, 4.69) is 107 Å². The van der Waals surface area contributed by atoms with Gasteiger partial charge in [-0.25, -0.2) is 29.1 Å². The fourth-order valence-corrected chi connectivity index (χ4v) is 0. The van der Waals surface area contributed by atoms with E-state index in [1.54, 1.807) is 0 Å². The van der Waals surface area contributed by atoms with Gasteiger partial charge in [0, 0.05) is 201 Å². The second-order valence-corrected chi connectivity index (χ2v) is 1.58. The molecule has 0 unspecified atom stereocenters. The van der Waals surface area contributed by atoms with Crippen molar-refractivity contribution in [1.82, 2.24) is 0 Å². The van der Waals surface area contributed by atoms with Crippen LogP contribution in [0.5, 0.6) is 0 Å². The average molecular weight is 3520 g/mol. The van der Waals surface area contributed by atoms with Gasteiger partial charge in [-0.1, -0.05) is 280 Å². The average Bonchev–Trinajstić information content (AvgIpc) is 3.36. The van der Waals surface area contributed by atoms with Crippen molar-refractivity contribution in [3.05, 3.63) is 122 Å². The Morgan fingerprint density at radius 3 is 0.227 bits per heavy atom. The molecule has 28 N–H and O–H groups in total. The smallest absolute Gasteiger partial charge is 0.412 e. The summed E-state index contributed by atoms with van der Waals surface area (Å²) in [4.78, 5) is 38.5. The van der Waals surface area contributed by atoms with Crippen molar-refractivity contribution in [3.8, 4) is 0 Å². The number of hydrogen-bond donors (Lipinski definition) is 20. The summed E-state index contributed by atoms with van der Waals surface area (Å²) >= 11 is 0. The van der Waals surface area contributed by atoms with Crippen LogP contribution in [0.4, 0.5) is 8.78 Å². The van der Waals surface area contributed by atoms with Gasteiger partial charge in [0.2, 0.25) is 0 Å². The zero-order valence-corrected chi connectivity index (χ0v) is 76.8. The largest absolute Gasteiger partial charge is 2.00 e. The molecule has 0 radical (unpaired) electrons. The van der Waals surface area contributed by atoms with Crippen LogP contribution in [0, 0.1) is 279 Å². The van der Waals surface area contributed by atoms with Crippen LogP contribution < -0.4 is 0 Å². The molecule has 0 saturated carbocycles. The molecular weight excluding hydrogens is 3270 g/mol. The first-order chi connectivity index (χ1) is 27.9. The van der Waals surface area contributed by atoms with E-state index in [-0.39, 0.29) is 602 Å². The number of carbonyl (C=O) groups excluding carboxylic acids is 4. The molecule has 0 aromatic rings. The Morgan fingerprint density at radius 1 is 0.218 bits per heavy atom. The van der Waals surface area contributed by atoms with Gasteiger partial charge < -0.3 is 112 Å². The third kappa shape index (κ3) is 37700. The van der Waals surface area contributed by atoms with Gasteiger partial charge >= 0.3 is 62.2 Å². The molecule has 110 heavy (non-hydrogen) atoms. The zero-order chi connectivity index (χ0) is 54.4. The number of halogens is 2. The molecule has 0 saturated heterocycles. The van der Waals surface area contributed by atoms with Crippen LogP contribution >= 0.6 is 0 Å². The molecule has 0 fully saturated rings. The summed E-state index contributed by atoms with van der Waals surface area (Å²) in [5.74, 6) is 0. The number of hydrogen-bond acceptors (Lipinski definition) is 27. The van der Waals surface area contributed by atoms with Crippen molar-refractivity contribution in [2.45, 2.75) is 275 Å². The Bertz CT molecular complexity index is 260.